The number of imide groups is 1. The molecule has 0 radical (unpaired) electrons. The second kappa shape index (κ2) is 5.89. The van der Waals surface area contributed by atoms with Crippen molar-refractivity contribution in [3.05, 3.63) is 33.3 Å². The van der Waals surface area contributed by atoms with Gasteiger partial charge in [0, 0.05) is 6.04 Å². The molecule has 7 heteroatoms. The van der Waals surface area contributed by atoms with E-state index in [-0.39, 0.29) is 39.7 Å². The fourth-order valence-corrected chi connectivity index (χ4v) is 3.24. The summed E-state index contributed by atoms with van der Waals surface area (Å²) in [4.78, 5) is 37.5. The Morgan fingerprint density at radius 1 is 1.09 bits per heavy atom. The fraction of sp³-hybridized carbons (Fsp3) is 0.400. The van der Waals surface area contributed by atoms with E-state index in [1.807, 2.05) is 0 Å². The summed E-state index contributed by atoms with van der Waals surface area (Å²) in [6, 6.07) is 2.88. The molecular weight excluding hydrogens is 327 g/mol. The van der Waals surface area contributed by atoms with Crippen LogP contribution >= 0.6 is 23.2 Å². The minimum atomic E-state index is -0.514. The fourth-order valence-electron chi connectivity index (χ4n) is 2.91. The van der Waals surface area contributed by atoms with Crippen LogP contribution in [0.3, 0.4) is 0 Å². The van der Waals surface area contributed by atoms with Gasteiger partial charge < -0.3 is 5.32 Å². The quantitative estimate of drug-likeness (QED) is 0.860. The van der Waals surface area contributed by atoms with Crippen molar-refractivity contribution in [2.24, 2.45) is 0 Å². The van der Waals surface area contributed by atoms with Crippen LogP contribution in [-0.4, -0.2) is 35.2 Å². The van der Waals surface area contributed by atoms with Crippen LogP contribution in [0.4, 0.5) is 0 Å². The minimum Gasteiger partial charge on any atom is -0.352 e. The van der Waals surface area contributed by atoms with E-state index in [9.17, 15) is 14.4 Å². The summed E-state index contributed by atoms with van der Waals surface area (Å²) in [6.45, 7) is -0.280. The minimum absolute atomic E-state index is 0.145. The Labute approximate surface area is 137 Å². The summed E-state index contributed by atoms with van der Waals surface area (Å²) in [5.41, 5.74) is 0.376. The number of benzene rings is 1. The molecule has 1 heterocycles. The molecule has 22 heavy (non-hydrogen) atoms. The average molecular weight is 341 g/mol. The molecule has 0 spiro atoms. The molecule has 1 aromatic rings. The lowest BCUT2D eigenvalue weighted by Crippen LogP contribution is -2.43. The van der Waals surface area contributed by atoms with Crippen LogP contribution in [0.25, 0.3) is 0 Å². The third kappa shape index (κ3) is 2.71. The van der Waals surface area contributed by atoms with Crippen LogP contribution in [0.5, 0.6) is 0 Å². The topological polar surface area (TPSA) is 66.5 Å². The summed E-state index contributed by atoms with van der Waals surface area (Å²) in [7, 11) is 0. The number of rotatable bonds is 3. The highest BCUT2D eigenvalue weighted by Gasteiger charge is 2.37. The van der Waals surface area contributed by atoms with Gasteiger partial charge in [-0.3, -0.25) is 19.3 Å². The van der Waals surface area contributed by atoms with E-state index in [1.165, 1.54) is 12.1 Å². The SMILES string of the molecule is O=C(CN1C(=O)c2cc(Cl)c(Cl)cc2C1=O)NC1CCCC1. The number of fused-ring (bicyclic) bond motifs is 1. The molecule has 5 nitrogen and oxygen atoms in total. The van der Waals surface area contributed by atoms with Crippen LogP contribution in [0.2, 0.25) is 10.0 Å². The molecule has 0 unspecified atom stereocenters. The molecule has 3 amide bonds. The molecule has 1 saturated carbocycles. The van der Waals surface area contributed by atoms with E-state index in [4.69, 9.17) is 23.2 Å². The molecule has 0 bridgehead atoms. The Bertz CT molecular complexity index is 628. The smallest absolute Gasteiger partial charge is 0.262 e. The number of hydrogen-bond donors (Lipinski definition) is 1. The first-order chi connectivity index (χ1) is 10.5. The molecule has 0 aromatic heterocycles. The molecule has 2 aliphatic rings. The zero-order chi connectivity index (χ0) is 15.9. The van der Waals surface area contributed by atoms with E-state index in [0.29, 0.717) is 0 Å². The van der Waals surface area contributed by atoms with Crippen LogP contribution in [0, 0.1) is 0 Å². The number of nitrogens with one attached hydrogen (secondary N) is 1. The molecule has 1 fully saturated rings. The normalized spacial score (nSPS) is 18.0. The van der Waals surface area contributed by atoms with Crippen molar-refractivity contribution in [1.29, 1.82) is 0 Å². The van der Waals surface area contributed by atoms with Gasteiger partial charge in [-0.2, -0.15) is 0 Å². The Balaban J connectivity index is 1.74. The van der Waals surface area contributed by atoms with Gasteiger partial charge in [-0.1, -0.05) is 36.0 Å². The van der Waals surface area contributed by atoms with Gasteiger partial charge in [0.15, 0.2) is 0 Å². The van der Waals surface area contributed by atoms with E-state index in [0.717, 1.165) is 30.6 Å². The van der Waals surface area contributed by atoms with Gasteiger partial charge in [-0.25, -0.2) is 0 Å². The van der Waals surface area contributed by atoms with Crippen LogP contribution in [0.1, 0.15) is 46.4 Å². The van der Waals surface area contributed by atoms with Gasteiger partial charge in [0.2, 0.25) is 5.91 Å². The maximum absolute atomic E-state index is 12.3. The third-order valence-electron chi connectivity index (χ3n) is 4.03. The molecule has 1 aliphatic carbocycles. The van der Waals surface area contributed by atoms with Crippen LogP contribution in [-0.2, 0) is 4.79 Å². The molecule has 1 aromatic carbocycles. The number of halogens is 2. The number of nitrogens with zero attached hydrogens (tertiary/aromatic N) is 1. The molecular formula is C15H14Cl2N2O3. The summed E-state index contributed by atoms with van der Waals surface area (Å²) in [5.74, 6) is -1.35. The summed E-state index contributed by atoms with van der Waals surface area (Å²) < 4.78 is 0. The maximum Gasteiger partial charge on any atom is 0.262 e. The van der Waals surface area contributed by atoms with E-state index >= 15 is 0 Å². The zero-order valence-electron chi connectivity index (χ0n) is 11.7. The molecule has 0 saturated heterocycles. The van der Waals surface area contributed by atoms with Crippen molar-refractivity contribution in [3.63, 3.8) is 0 Å². The van der Waals surface area contributed by atoms with E-state index in [2.05, 4.69) is 5.32 Å². The van der Waals surface area contributed by atoms with Crippen molar-refractivity contribution >= 4 is 40.9 Å². The van der Waals surface area contributed by atoms with Crippen LogP contribution in [0.15, 0.2) is 12.1 Å². The van der Waals surface area contributed by atoms with E-state index in [1.54, 1.807) is 0 Å². The van der Waals surface area contributed by atoms with E-state index < -0.39 is 11.8 Å². The van der Waals surface area contributed by atoms with Gasteiger partial charge in [-0.05, 0) is 25.0 Å². The van der Waals surface area contributed by atoms with Crippen molar-refractivity contribution in [3.8, 4) is 0 Å². The lowest BCUT2D eigenvalue weighted by Gasteiger charge is -2.16. The summed E-state index contributed by atoms with van der Waals surface area (Å²) in [6.07, 6.45) is 4.07. The van der Waals surface area contributed by atoms with Gasteiger partial charge in [0.05, 0.1) is 21.2 Å². The molecule has 3 rings (SSSR count). The highest BCUT2D eigenvalue weighted by Crippen LogP contribution is 2.31. The van der Waals surface area contributed by atoms with Crippen molar-refractivity contribution in [2.75, 3.05) is 6.54 Å². The first-order valence-electron chi connectivity index (χ1n) is 7.12. The Morgan fingerprint density at radius 3 is 2.09 bits per heavy atom. The molecule has 0 atom stereocenters. The predicted octanol–water partition coefficient (Wildman–Crippen LogP) is 2.65. The second-order valence-electron chi connectivity index (χ2n) is 5.56. The predicted molar refractivity (Wildman–Crippen MR) is 82.2 cm³/mol. The van der Waals surface area contributed by atoms with Gasteiger partial charge in [0.1, 0.15) is 6.54 Å². The standard InChI is InChI=1S/C15H14Cl2N2O3/c16-11-5-9-10(6-12(11)17)15(22)19(14(9)21)7-13(20)18-8-3-1-2-4-8/h5-6,8H,1-4,7H2,(H,18,20). The monoisotopic (exact) mass is 340 g/mol. The number of hydrogen-bond acceptors (Lipinski definition) is 3. The number of carbonyl (C=O) groups excluding carboxylic acids is 3. The summed E-state index contributed by atoms with van der Waals surface area (Å²) in [5, 5.41) is 3.27. The summed E-state index contributed by atoms with van der Waals surface area (Å²) >= 11 is 11.8. The van der Waals surface area contributed by atoms with Crippen molar-refractivity contribution in [1.82, 2.24) is 10.2 Å². The number of carbonyl (C=O) groups is 3. The molecule has 1 N–H and O–H groups in total. The van der Waals surface area contributed by atoms with Gasteiger partial charge in [-0.15, -0.1) is 0 Å². The molecule has 116 valence electrons. The Hall–Kier alpha value is -1.59. The highest BCUT2D eigenvalue weighted by atomic mass is 35.5. The maximum atomic E-state index is 12.3. The zero-order valence-corrected chi connectivity index (χ0v) is 13.2. The first kappa shape index (κ1) is 15.3. The Morgan fingerprint density at radius 2 is 1.59 bits per heavy atom. The molecule has 1 aliphatic heterocycles. The lowest BCUT2D eigenvalue weighted by atomic mass is 10.1. The Kier molecular flexibility index (Phi) is 4.10. The van der Waals surface area contributed by atoms with Crippen molar-refractivity contribution < 1.29 is 14.4 Å². The average Bonchev–Trinajstić information content (AvgIpc) is 3.04. The van der Waals surface area contributed by atoms with Crippen molar-refractivity contribution in [2.45, 2.75) is 31.7 Å². The number of amides is 3. The van der Waals surface area contributed by atoms with Gasteiger partial charge >= 0.3 is 0 Å². The highest BCUT2D eigenvalue weighted by molar-refractivity contribution is 6.43. The van der Waals surface area contributed by atoms with Gasteiger partial charge in [0.25, 0.3) is 11.8 Å². The van der Waals surface area contributed by atoms with Crippen LogP contribution < -0.4 is 5.32 Å². The largest absolute Gasteiger partial charge is 0.352 e. The lowest BCUT2D eigenvalue weighted by molar-refractivity contribution is -0.122. The first-order valence-corrected chi connectivity index (χ1v) is 7.87. The third-order valence-corrected chi connectivity index (χ3v) is 4.76. The second-order valence-corrected chi connectivity index (χ2v) is 6.37.